The summed E-state index contributed by atoms with van der Waals surface area (Å²) in [5.41, 5.74) is 1.63. The number of hydrogen-bond acceptors (Lipinski definition) is 3. The van der Waals surface area contributed by atoms with E-state index in [-0.39, 0.29) is 5.91 Å². The number of aromatic nitrogens is 2. The van der Waals surface area contributed by atoms with Crippen molar-refractivity contribution < 1.29 is 13.9 Å². The third kappa shape index (κ3) is 3.26. The number of pyridine rings is 1. The first-order valence-electron chi connectivity index (χ1n) is 7.25. The maximum absolute atomic E-state index is 13.6. The molecule has 0 radical (unpaired) electrons. The molecule has 1 aromatic carbocycles. The van der Waals surface area contributed by atoms with Crippen LogP contribution in [0.1, 0.15) is 29.0 Å². The monoisotopic (exact) mass is 391 g/mol. The summed E-state index contributed by atoms with van der Waals surface area (Å²) in [5, 5.41) is 2.84. The Hall–Kier alpha value is -2.41. The summed E-state index contributed by atoms with van der Waals surface area (Å²) >= 11 is 3.37. The van der Waals surface area contributed by atoms with Crippen LogP contribution in [0, 0.1) is 5.82 Å². The number of nitrogens with one attached hydrogen (secondary N) is 1. The van der Waals surface area contributed by atoms with Crippen molar-refractivity contribution in [1.82, 2.24) is 14.7 Å². The van der Waals surface area contributed by atoms with Crippen molar-refractivity contribution in [3.8, 4) is 5.75 Å². The molecule has 0 saturated carbocycles. The Bertz CT molecular complexity index is 910. The topological polar surface area (TPSA) is 55.6 Å². The molecule has 3 rings (SSSR count). The first-order chi connectivity index (χ1) is 11.5. The maximum Gasteiger partial charge on any atom is 0.272 e. The second-order valence-electron chi connectivity index (χ2n) is 5.35. The van der Waals surface area contributed by atoms with Crippen LogP contribution >= 0.6 is 15.9 Å². The molecule has 0 saturated heterocycles. The number of carbonyl (C=O) groups is 1. The summed E-state index contributed by atoms with van der Waals surface area (Å²) < 4.78 is 21.3. The number of rotatable bonds is 4. The highest BCUT2D eigenvalue weighted by Gasteiger charge is 2.17. The number of methoxy groups -OCH3 is 1. The van der Waals surface area contributed by atoms with Gasteiger partial charge in [-0.3, -0.25) is 4.79 Å². The molecule has 24 heavy (non-hydrogen) atoms. The number of imidazole rings is 1. The lowest BCUT2D eigenvalue weighted by Crippen LogP contribution is -2.27. The molecule has 5 nitrogen and oxygen atoms in total. The van der Waals surface area contributed by atoms with E-state index in [1.165, 1.54) is 19.2 Å². The summed E-state index contributed by atoms with van der Waals surface area (Å²) in [4.78, 5) is 16.7. The highest BCUT2D eigenvalue weighted by Crippen LogP contribution is 2.22. The van der Waals surface area contributed by atoms with Gasteiger partial charge in [-0.2, -0.15) is 0 Å². The van der Waals surface area contributed by atoms with E-state index in [2.05, 4.69) is 26.2 Å². The number of ether oxygens (including phenoxy) is 1. The van der Waals surface area contributed by atoms with E-state index >= 15 is 0 Å². The Kier molecular flexibility index (Phi) is 4.53. The molecule has 0 aliphatic carbocycles. The number of nitrogens with zero attached hydrogens (tertiary/aromatic N) is 2. The summed E-state index contributed by atoms with van der Waals surface area (Å²) in [6.07, 6.45) is 3.39. The van der Waals surface area contributed by atoms with Gasteiger partial charge < -0.3 is 14.5 Å². The average Bonchev–Trinajstić information content (AvgIpc) is 2.97. The third-order valence-electron chi connectivity index (χ3n) is 3.69. The first kappa shape index (κ1) is 16.4. The van der Waals surface area contributed by atoms with Crippen LogP contribution in [0.2, 0.25) is 0 Å². The Morgan fingerprint density at radius 2 is 2.17 bits per heavy atom. The Labute approximate surface area is 146 Å². The molecule has 7 heteroatoms. The molecule has 0 aliphatic rings. The molecule has 0 spiro atoms. The third-order valence-corrected chi connectivity index (χ3v) is 4.16. The molecule has 1 atom stereocenters. The minimum Gasteiger partial charge on any atom is -0.497 e. The normalized spacial score (nSPS) is 12.2. The van der Waals surface area contributed by atoms with E-state index in [1.54, 1.807) is 23.7 Å². The van der Waals surface area contributed by atoms with Crippen molar-refractivity contribution in [3.63, 3.8) is 0 Å². The summed E-state index contributed by atoms with van der Waals surface area (Å²) in [5.74, 6) is -0.332. The second kappa shape index (κ2) is 6.60. The van der Waals surface area contributed by atoms with Gasteiger partial charge >= 0.3 is 0 Å². The average molecular weight is 392 g/mol. The molecule has 0 fully saturated rings. The number of benzene rings is 1. The van der Waals surface area contributed by atoms with Crippen LogP contribution in [0.15, 0.2) is 47.3 Å². The van der Waals surface area contributed by atoms with Gasteiger partial charge in [-0.25, -0.2) is 9.37 Å². The molecule has 2 aromatic heterocycles. The SMILES string of the molecule is COc1cc(F)cc([C@@H](C)NC(=O)c2ncn3cc(Br)ccc23)c1. The van der Waals surface area contributed by atoms with Crippen molar-refractivity contribution in [2.45, 2.75) is 13.0 Å². The Balaban J connectivity index is 1.84. The predicted molar refractivity (Wildman–Crippen MR) is 91.7 cm³/mol. The van der Waals surface area contributed by atoms with Gasteiger partial charge in [-0.05, 0) is 52.7 Å². The molecule has 3 aromatic rings. The molecule has 1 amide bonds. The van der Waals surface area contributed by atoms with E-state index in [0.717, 1.165) is 4.47 Å². The molecule has 1 N–H and O–H groups in total. The van der Waals surface area contributed by atoms with Crippen LogP contribution in [-0.2, 0) is 0 Å². The lowest BCUT2D eigenvalue weighted by Gasteiger charge is -2.15. The van der Waals surface area contributed by atoms with Crippen LogP contribution in [0.5, 0.6) is 5.75 Å². The zero-order chi connectivity index (χ0) is 17.3. The van der Waals surface area contributed by atoms with E-state index in [9.17, 15) is 9.18 Å². The first-order valence-corrected chi connectivity index (χ1v) is 8.05. The van der Waals surface area contributed by atoms with Crippen LogP contribution in [-0.4, -0.2) is 22.4 Å². The standard InChI is InChI=1S/C17H15BrFN3O2/c1-10(11-5-13(19)7-14(6-11)24-2)21-17(23)16-15-4-3-12(18)8-22(15)9-20-16/h3-10H,1-2H3,(H,21,23)/t10-/m1/s1. The van der Waals surface area contributed by atoms with Gasteiger partial charge in [0, 0.05) is 16.7 Å². The van der Waals surface area contributed by atoms with Crippen molar-refractivity contribution in [1.29, 1.82) is 0 Å². The van der Waals surface area contributed by atoms with Crippen LogP contribution in [0.25, 0.3) is 5.52 Å². The maximum atomic E-state index is 13.6. The van der Waals surface area contributed by atoms with Crippen molar-refractivity contribution in [2.24, 2.45) is 0 Å². The highest BCUT2D eigenvalue weighted by atomic mass is 79.9. The molecule has 0 aliphatic heterocycles. The number of fused-ring (bicyclic) bond motifs is 1. The molecular formula is C17H15BrFN3O2. The van der Waals surface area contributed by atoms with Crippen molar-refractivity contribution in [3.05, 3.63) is 64.4 Å². The smallest absolute Gasteiger partial charge is 0.272 e. The number of halogens is 2. The fraction of sp³-hybridized carbons (Fsp3) is 0.176. The second-order valence-corrected chi connectivity index (χ2v) is 6.27. The minimum absolute atomic E-state index is 0.317. The van der Waals surface area contributed by atoms with E-state index in [4.69, 9.17) is 4.74 Å². The Morgan fingerprint density at radius 3 is 2.92 bits per heavy atom. The zero-order valence-electron chi connectivity index (χ0n) is 13.1. The molecule has 0 unspecified atom stereocenters. The van der Waals surface area contributed by atoms with Crippen LogP contribution < -0.4 is 10.1 Å². The van der Waals surface area contributed by atoms with Crippen LogP contribution in [0.3, 0.4) is 0 Å². The van der Waals surface area contributed by atoms with E-state index in [0.29, 0.717) is 22.5 Å². The summed E-state index contributed by atoms with van der Waals surface area (Å²) in [6.45, 7) is 1.78. The van der Waals surface area contributed by atoms with Gasteiger partial charge in [0.15, 0.2) is 5.69 Å². The number of hydrogen-bond donors (Lipinski definition) is 1. The number of carbonyl (C=O) groups excluding carboxylic acids is 1. The van der Waals surface area contributed by atoms with E-state index < -0.39 is 11.9 Å². The minimum atomic E-state index is -0.414. The van der Waals surface area contributed by atoms with Gasteiger partial charge in [0.05, 0.1) is 18.7 Å². The largest absolute Gasteiger partial charge is 0.497 e. The van der Waals surface area contributed by atoms with Gasteiger partial charge in [-0.1, -0.05) is 0 Å². The van der Waals surface area contributed by atoms with Gasteiger partial charge in [0.2, 0.25) is 0 Å². The van der Waals surface area contributed by atoms with Gasteiger partial charge in [0.25, 0.3) is 5.91 Å². The molecule has 124 valence electrons. The molecule has 0 bridgehead atoms. The summed E-state index contributed by atoms with van der Waals surface area (Å²) in [7, 11) is 1.47. The van der Waals surface area contributed by atoms with Gasteiger partial charge in [0.1, 0.15) is 17.9 Å². The zero-order valence-corrected chi connectivity index (χ0v) is 14.7. The molecular weight excluding hydrogens is 377 g/mol. The number of amides is 1. The lowest BCUT2D eigenvalue weighted by atomic mass is 10.1. The van der Waals surface area contributed by atoms with Crippen molar-refractivity contribution in [2.75, 3.05) is 7.11 Å². The lowest BCUT2D eigenvalue weighted by molar-refractivity contribution is 0.0937. The fourth-order valence-electron chi connectivity index (χ4n) is 2.45. The summed E-state index contributed by atoms with van der Waals surface area (Å²) in [6, 6.07) is 7.61. The predicted octanol–water partition coefficient (Wildman–Crippen LogP) is 3.74. The fourth-order valence-corrected chi connectivity index (χ4v) is 2.80. The molecule has 2 heterocycles. The van der Waals surface area contributed by atoms with Gasteiger partial charge in [-0.15, -0.1) is 0 Å². The highest BCUT2D eigenvalue weighted by molar-refractivity contribution is 9.10. The van der Waals surface area contributed by atoms with Crippen molar-refractivity contribution >= 4 is 27.4 Å². The Morgan fingerprint density at radius 1 is 1.38 bits per heavy atom. The van der Waals surface area contributed by atoms with E-state index in [1.807, 2.05) is 18.3 Å². The quantitative estimate of drug-likeness (QED) is 0.736. The van der Waals surface area contributed by atoms with Crippen LogP contribution in [0.4, 0.5) is 4.39 Å².